The molecule has 0 radical (unpaired) electrons. The largest absolute Gasteiger partial charge is 0.350 e. The van der Waals surface area contributed by atoms with Crippen molar-refractivity contribution in [1.29, 1.82) is 0 Å². The van der Waals surface area contributed by atoms with Crippen molar-refractivity contribution in [3.63, 3.8) is 0 Å². The summed E-state index contributed by atoms with van der Waals surface area (Å²) in [7, 11) is -3.54. The average molecular weight is 564 g/mol. The summed E-state index contributed by atoms with van der Waals surface area (Å²) in [5, 5.41) is 3.06. The molecule has 0 spiro atoms. The van der Waals surface area contributed by atoms with Gasteiger partial charge in [-0.1, -0.05) is 78.4 Å². The molecule has 0 aliphatic carbocycles. The van der Waals surface area contributed by atoms with Gasteiger partial charge in [-0.2, -0.15) is 0 Å². The molecule has 0 saturated heterocycles. The lowest BCUT2D eigenvalue weighted by Gasteiger charge is -2.34. The number of sulfonamides is 1. The molecule has 40 heavy (non-hydrogen) atoms. The molecule has 0 fully saturated rings. The molecular weight excluding hydrogens is 522 g/mol. The zero-order valence-corrected chi connectivity index (χ0v) is 24.9. The summed E-state index contributed by atoms with van der Waals surface area (Å²) in [4.78, 5) is 29.1. The van der Waals surface area contributed by atoms with E-state index in [-0.39, 0.29) is 31.3 Å². The van der Waals surface area contributed by atoms with Gasteiger partial charge in [0, 0.05) is 31.5 Å². The number of benzene rings is 3. The maximum Gasteiger partial charge on any atom is 0.243 e. The summed E-state index contributed by atoms with van der Waals surface area (Å²) in [5.41, 5.74) is 2.98. The topological polar surface area (TPSA) is 86.8 Å². The Morgan fingerprint density at radius 1 is 0.850 bits per heavy atom. The van der Waals surface area contributed by atoms with Gasteiger partial charge in [-0.25, -0.2) is 8.42 Å². The van der Waals surface area contributed by atoms with E-state index in [9.17, 15) is 18.0 Å². The molecule has 2 amide bonds. The number of aryl methyl sites for hydroxylation is 1. The highest BCUT2D eigenvalue weighted by Gasteiger charge is 2.32. The third kappa shape index (κ3) is 9.52. The van der Waals surface area contributed by atoms with Crippen molar-refractivity contribution in [1.82, 2.24) is 10.2 Å². The van der Waals surface area contributed by atoms with Gasteiger partial charge in [0.05, 0.1) is 11.9 Å². The van der Waals surface area contributed by atoms with Crippen LogP contribution in [0.5, 0.6) is 0 Å². The summed E-state index contributed by atoms with van der Waals surface area (Å²) in [5.74, 6) is -0.427. The van der Waals surface area contributed by atoms with Gasteiger partial charge in [-0.3, -0.25) is 13.9 Å². The minimum absolute atomic E-state index is 0.0960. The average Bonchev–Trinajstić information content (AvgIpc) is 2.89. The van der Waals surface area contributed by atoms with Crippen molar-refractivity contribution in [2.45, 2.75) is 65.1 Å². The maximum absolute atomic E-state index is 13.8. The standard InChI is InChI=1S/C32H41N3O4S/c1-25-18-20-28(21-19-25)35(40(5,38)39)22-12-17-30(36)34(24-27-15-10-7-11-16-27)29(31(37)33-32(2,3)4)23-26-13-8-6-9-14-26/h6-11,13-16,18-21,29H,12,17,22-24H2,1-5H3,(H,33,37)/t29-/m1/s1. The van der Waals surface area contributed by atoms with Gasteiger partial charge in [0.25, 0.3) is 0 Å². The summed E-state index contributed by atoms with van der Waals surface area (Å²) < 4.78 is 26.5. The Hall–Kier alpha value is -3.65. The third-order valence-corrected chi connectivity index (χ3v) is 7.63. The Kier molecular flexibility index (Phi) is 10.5. The highest BCUT2D eigenvalue weighted by atomic mass is 32.2. The zero-order chi connectivity index (χ0) is 29.3. The van der Waals surface area contributed by atoms with E-state index in [0.717, 1.165) is 16.7 Å². The second-order valence-electron chi connectivity index (χ2n) is 11.2. The second-order valence-corrected chi connectivity index (χ2v) is 13.1. The number of amides is 2. The number of anilines is 1. The molecule has 214 valence electrons. The van der Waals surface area contributed by atoms with E-state index in [1.807, 2.05) is 100 Å². The maximum atomic E-state index is 13.8. The number of hydrogen-bond acceptors (Lipinski definition) is 4. The van der Waals surface area contributed by atoms with Crippen molar-refractivity contribution >= 4 is 27.5 Å². The minimum Gasteiger partial charge on any atom is -0.350 e. The van der Waals surface area contributed by atoms with E-state index in [2.05, 4.69) is 5.32 Å². The lowest BCUT2D eigenvalue weighted by molar-refractivity contribution is -0.142. The number of carbonyl (C=O) groups is 2. The van der Waals surface area contributed by atoms with Crippen LogP contribution >= 0.6 is 0 Å². The van der Waals surface area contributed by atoms with E-state index < -0.39 is 21.6 Å². The molecule has 3 rings (SSSR count). The Morgan fingerprint density at radius 3 is 1.93 bits per heavy atom. The lowest BCUT2D eigenvalue weighted by Crippen LogP contribution is -2.54. The van der Waals surface area contributed by atoms with E-state index in [0.29, 0.717) is 18.5 Å². The molecular formula is C32H41N3O4S. The van der Waals surface area contributed by atoms with Crippen LogP contribution in [0.25, 0.3) is 0 Å². The van der Waals surface area contributed by atoms with Crippen LogP contribution in [-0.2, 0) is 32.6 Å². The second kappa shape index (κ2) is 13.6. The van der Waals surface area contributed by atoms with E-state index in [1.54, 1.807) is 17.0 Å². The molecule has 0 unspecified atom stereocenters. The Bertz CT molecular complexity index is 1350. The normalized spacial score (nSPS) is 12.4. The molecule has 7 nitrogen and oxygen atoms in total. The lowest BCUT2D eigenvalue weighted by atomic mass is 10.00. The molecule has 1 atom stereocenters. The third-order valence-electron chi connectivity index (χ3n) is 6.44. The van der Waals surface area contributed by atoms with Gasteiger partial charge < -0.3 is 10.2 Å². The predicted molar refractivity (Wildman–Crippen MR) is 161 cm³/mol. The first-order valence-corrected chi connectivity index (χ1v) is 15.4. The fraction of sp³-hybridized carbons (Fsp3) is 0.375. The fourth-order valence-electron chi connectivity index (χ4n) is 4.50. The predicted octanol–water partition coefficient (Wildman–Crippen LogP) is 5.10. The van der Waals surface area contributed by atoms with Crippen LogP contribution in [0, 0.1) is 6.92 Å². The highest BCUT2D eigenvalue weighted by molar-refractivity contribution is 7.92. The summed E-state index contributed by atoms with van der Waals surface area (Å²) in [6, 6.07) is 25.8. The van der Waals surface area contributed by atoms with Gasteiger partial charge in [0.1, 0.15) is 6.04 Å². The summed E-state index contributed by atoms with van der Waals surface area (Å²) in [6.45, 7) is 8.11. The Labute approximate surface area is 239 Å². The molecule has 3 aromatic carbocycles. The quantitative estimate of drug-likeness (QED) is 0.332. The Balaban J connectivity index is 1.87. The van der Waals surface area contributed by atoms with Gasteiger partial charge in [-0.15, -0.1) is 0 Å². The highest BCUT2D eigenvalue weighted by Crippen LogP contribution is 2.21. The molecule has 0 aliphatic heterocycles. The number of nitrogens with one attached hydrogen (secondary N) is 1. The SMILES string of the molecule is Cc1ccc(N(CCCC(=O)N(Cc2ccccc2)[C@H](Cc2ccccc2)C(=O)NC(C)(C)C)S(C)(=O)=O)cc1. The molecule has 3 aromatic rings. The van der Waals surface area contributed by atoms with Crippen LogP contribution in [0.15, 0.2) is 84.9 Å². The van der Waals surface area contributed by atoms with E-state index in [1.165, 1.54) is 10.6 Å². The molecule has 0 heterocycles. The van der Waals surface area contributed by atoms with Crippen LogP contribution in [0.2, 0.25) is 0 Å². The Morgan fingerprint density at radius 2 is 1.40 bits per heavy atom. The van der Waals surface area contributed by atoms with Crippen molar-refractivity contribution in [2.75, 3.05) is 17.1 Å². The number of nitrogens with zero attached hydrogens (tertiary/aromatic N) is 2. The van der Waals surface area contributed by atoms with Crippen molar-refractivity contribution in [2.24, 2.45) is 0 Å². The van der Waals surface area contributed by atoms with Crippen LogP contribution in [-0.4, -0.2) is 49.5 Å². The smallest absolute Gasteiger partial charge is 0.243 e. The van der Waals surface area contributed by atoms with Gasteiger partial charge in [0.2, 0.25) is 21.8 Å². The molecule has 0 aromatic heterocycles. The number of rotatable bonds is 12. The van der Waals surface area contributed by atoms with Crippen molar-refractivity contribution in [3.8, 4) is 0 Å². The van der Waals surface area contributed by atoms with Crippen molar-refractivity contribution in [3.05, 3.63) is 102 Å². The van der Waals surface area contributed by atoms with Crippen LogP contribution in [0.3, 0.4) is 0 Å². The van der Waals surface area contributed by atoms with Crippen LogP contribution in [0.4, 0.5) is 5.69 Å². The zero-order valence-electron chi connectivity index (χ0n) is 24.1. The molecule has 1 N–H and O–H groups in total. The van der Waals surface area contributed by atoms with E-state index >= 15 is 0 Å². The first kappa shape index (κ1) is 30.9. The van der Waals surface area contributed by atoms with Crippen LogP contribution in [0.1, 0.15) is 50.3 Å². The molecule has 0 saturated carbocycles. The molecule has 0 aliphatic rings. The molecule has 0 bridgehead atoms. The first-order chi connectivity index (χ1) is 18.8. The van der Waals surface area contributed by atoms with Crippen molar-refractivity contribution < 1.29 is 18.0 Å². The minimum atomic E-state index is -3.54. The van der Waals surface area contributed by atoms with E-state index in [4.69, 9.17) is 0 Å². The summed E-state index contributed by atoms with van der Waals surface area (Å²) in [6.07, 6.45) is 1.94. The van der Waals surface area contributed by atoms with Crippen LogP contribution < -0.4 is 9.62 Å². The van der Waals surface area contributed by atoms with Gasteiger partial charge in [0.15, 0.2) is 0 Å². The number of hydrogen-bond donors (Lipinski definition) is 1. The molecule has 8 heteroatoms. The monoisotopic (exact) mass is 563 g/mol. The van der Waals surface area contributed by atoms with Gasteiger partial charge >= 0.3 is 0 Å². The summed E-state index contributed by atoms with van der Waals surface area (Å²) >= 11 is 0. The fourth-order valence-corrected chi connectivity index (χ4v) is 5.47. The first-order valence-electron chi connectivity index (χ1n) is 13.6. The van der Waals surface area contributed by atoms with Gasteiger partial charge in [-0.05, 0) is 57.4 Å². The number of carbonyl (C=O) groups excluding carboxylic acids is 2.